The van der Waals surface area contributed by atoms with Gasteiger partial charge in [0.05, 0.1) is 5.69 Å². The van der Waals surface area contributed by atoms with Gasteiger partial charge < -0.3 is 5.32 Å². The van der Waals surface area contributed by atoms with Crippen molar-refractivity contribution in [1.29, 1.82) is 0 Å². The van der Waals surface area contributed by atoms with Gasteiger partial charge in [-0.25, -0.2) is 0 Å². The van der Waals surface area contributed by atoms with Crippen LogP contribution in [0.3, 0.4) is 0 Å². The Kier molecular flexibility index (Phi) is 4.84. The van der Waals surface area contributed by atoms with Crippen LogP contribution < -0.4 is 5.32 Å². The summed E-state index contributed by atoms with van der Waals surface area (Å²) in [7, 11) is 0. The summed E-state index contributed by atoms with van der Waals surface area (Å²) in [5, 5.41) is 10.6. The van der Waals surface area contributed by atoms with Gasteiger partial charge in [-0.2, -0.15) is 5.10 Å². The van der Waals surface area contributed by atoms with Gasteiger partial charge in [0, 0.05) is 11.0 Å². The largest absolute Gasteiger partial charge is 0.350 e. The predicted molar refractivity (Wildman–Crippen MR) is 81.7 cm³/mol. The van der Waals surface area contributed by atoms with E-state index < -0.39 is 0 Å². The van der Waals surface area contributed by atoms with Crippen LogP contribution in [0.5, 0.6) is 0 Å². The molecule has 0 spiro atoms. The summed E-state index contributed by atoms with van der Waals surface area (Å²) >= 11 is 3.41. The minimum Gasteiger partial charge on any atom is -0.350 e. The number of amides is 1. The maximum Gasteiger partial charge on any atom is 0.271 e. The van der Waals surface area contributed by atoms with Crippen LogP contribution >= 0.6 is 15.9 Å². The quantitative estimate of drug-likeness (QED) is 0.935. The minimum absolute atomic E-state index is 0.193. The Morgan fingerprint density at radius 1 is 1.20 bits per heavy atom. The monoisotopic (exact) mass is 333 g/mol. The molecule has 2 rings (SSSR count). The summed E-state index contributed by atoms with van der Waals surface area (Å²) in [6.45, 7) is 4.48. The Balaban J connectivity index is 1.92. The van der Waals surface area contributed by atoms with Gasteiger partial charge in [0.15, 0.2) is 5.69 Å². The molecule has 0 bridgehead atoms. The first-order valence-electron chi connectivity index (χ1n) is 6.40. The van der Waals surface area contributed by atoms with Crippen molar-refractivity contribution in [3.8, 4) is 0 Å². The first kappa shape index (κ1) is 14.7. The zero-order valence-electron chi connectivity index (χ0n) is 11.4. The molecule has 104 valence electrons. The fraction of sp³-hybridized carbons (Fsp3) is 0.267. The maximum absolute atomic E-state index is 11.9. The number of aromatic nitrogens is 2. The molecule has 0 unspecified atom stereocenters. The molecule has 4 nitrogen and oxygen atoms in total. The van der Waals surface area contributed by atoms with Crippen molar-refractivity contribution in [1.82, 2.24) is 15.5 Å². The predicted octanol–water partition coefficient (Wildman–Crippen LogP) is 3.08. The van der Waals surface area contributed by atoms with E-state index in [0.717, 1.165) is 10.2 Å². The zero-order valence-corrected chi connectivity index (χ0v) is 13.0. The summed E-state index contributed by atoms with van der Waals surface area (Å²) in [4.78, 5) is 11.9. The number of nitrogens with one attached hydrogen (secondary N) is 1. The van der Waals surface area contributed by atoms with Crippen LogP contribution in [0.25, 0.3) is 0 Å². The highest BCUT2D eigenvalue weighted by Crippen LogP contribution is 2.17. The number of nitrogens with zero attached hydrogens (tertiary/aromatic N) is 2. The van der Waals surface area contributed by atoms with Gasteiger partial charge in [-0.1, -0.05) is 35.0 Å². The van der Waals surface area contributed by atoms with Crippen LogP contribution in [0.2, 0.25) is 0 Å². The fourth-order valence-electron chi connectivity index (χ4n) is 1.77. The lowest BCUT2D eigenvalue weighted by atomic mass is 10.0. The molecular formula is C15H16BrN3O. The molecule has 1 atom stereocenters. The van der Waals surface area contributed by atoms with Gasteiger partial charge in [0.1, 0.15) is 0 Å². The van der Waals surface area contributed by atoms with E-state index in [0.29, 0.717) is 12.2 Å². The van der Waals surface area contributed by atoms with Gasteiger partial charge >= 0.3 is 0 Å². The minimum atomic E-state index is -0.193. The Labute approximate surface area is 126 Å². The fourth-order valence-corrected chi connectivity index (χ4v) is 2.03. The van der Waals surface area contributed by atoms with E-state index in [1.807, 2.05) is 31.2 Å². The third-order valence-electron chi connectivity index (χ3n) is 3.04. The Morgan fingerprint density at radius 3 is 2.50 bits per heavy atom. The molecule has 1 heterocycles. The van der Waals surface area contributed by atoms with Crippen LogP contribution in [0.1, 0.15) is 34.6 Å². The number of rotatable bonds is 4. The van der Waals surface area contributed by atoms with Crippen molar-refractivity contribution in [3.63, 3.8) is 0 Å². The standard InChI is InChI=1S/C15H16BrN3O/c1-10(12-4-6-13(16)7-5-12)9-17-15(20)14-8-3-11(2)18-19-14/h3-8,10H,9H2,1-2H3,(H,17,20)/t10-/m0/s1. The molecule has 1 aromatic heterocycles. The second kappa shape index (κ2) is 6.61. The molecule has 0 saturated carbocycles. The molecule has 0 saturated heterocycles. The first-order valence-corrected chi connectivity index (χ1v) is 7.19. The third-order valence-corrected chi connectivity index (χ3v) is 3.57. The van der Waals surface area contributed by atoms with E-state index in [9.17, 15) is 4.79 Å². The molecule has 0 aliphatic carbocycles. The molecule has 1 aromatic carbocycles. The average molecular weight is 334 g/mol. The van der Waals surface area contributed by atoms with Gasteiger partial charge in [-0.3, -0.25) is 4.79 Å². The van der Waals surface area contributed by atoms with E-state index in [1.54, 1.807) is 12.1 Å². The van der Waals surface area contributed by atoms with E-state index in [4.69, 9.17) is 0 Å². The van der Waals surface area contributed by atoms with Crippen LogP contribution in [-0.4, -0.2) is 22.6 Å². The van der Waals surface area contributed by atoms with E-state index in [1.165, 1.54) is 5.56 Å². The number of hydrogen-bond donors (Lipinski definition) is 1. The molecule has 2 aromatic rings. The highest BCUT2D eigenvalue weighted by atomic mass is 79.9. The van der Waals surface area contributed by atoms with Crippen molar-refractivity contribution in [2.24, 2.45) is 0 Å². The lowest BCUT2D eigenvalue weighted by Gasteiger charge is -2.13. The van der Waals surface area contributed by atoms with Crippen molar-refractivity contribution in [2.45, 2.75) is 19.8 Å². The molecule has 20 heavy (non-hydrogen) atoms. The molecule has 0 aliphatic heterocycles. The van der Waals surface area contributed by atoms with Crippen LogP contribution in [-0.2, 0) is 0 Å². The first-order chi connectivity index (χ1) is 9.56. The summed E-state index contributed by atoms with van der Waals surface area (Å²) in [5.74, 6) is 0.0481. The number of hydrogen-bond acceptors (Lipinski definition) is 3. The normalized spacial score (nSPS) is 11.9. The van der Waals surface area contributed by atoms with Crippen LogP contribution in [0.15, 0.2) is 40.9 Å². The smallest absolute Gasteiger partial charge is 0.271 e. The molecule has 0 radical (unpaired) electrons. The SMILES string of the molecule is Cc1ccc(C(=O)NC[C@H](C)c2ccc(Br)cc2)nn1. The summed E-state index contributed by atoms with van der Waals surface area (Å²) < 4.78 is 1.05. The van der Waals surface area contributed by atoms with E-state index >= 15 is 0 Å². The third kappa shape index (κ3) is 3.87. The van der Waals surface area contributed by atoms with Gasteiger partial charge in [0.2, 0.25) is 0 Å². The van der Waals surface area contributed by atoms with Crippen molar-refractivity contribution >= 4 is 21.8 Å². The summed E-state index contributed by atoms with van der Waals surface area (Å²) in [5.41, 5.74) is 2.33. The second-order valence-electron chi connectivity index (χ2n) is 4.72. The van der Waals surface area contributed by atoms with Crippen molar-refractivity contribution in [2.75, 3.05) is 6.54 Å². The molecule has 0 fully saturated rings. The number of halogens is 1. The molecule has 1 amide bonds. The lowest BCUT2D eigenvalue weighted by molar-refractivity contribution is 0.0945. The average Bonchev–Trinajstić information content (AvgIpc) is 2.46. The van der Waals surface area contributed by atoms with Gasteiger partial charge in [0.25, 0.3) is 5.91 Å². The van der Waals surface area contributed by atoms with Gasteiger partial charge in [-0.05, 0) is 42.7 Å². The van der Waals surface area contributed by atoms with E-state index in [-0.39, 0.29) is 11.8 Å². The number of aryl methyl sites for hydroxylation is 1. The van der Waals surface area contributed by atoms with Crippen LogP contribution in [0.4, 0.5) is 0 Å². The summed E-state index contributed by atoms with van der Waals surface area (Å²) in [6, 6.07) is 11.6. The molecular weight excluding hydrogens is 318 g/mol. The number of carbonyl (C=O) groups excluding carboxylic acids is 1. The lowest BCUT2D eigenvalue weighted by Crippen LogP contribution is -2.28. The van der Waals surface area contributed by atoms with Crippen LogP contribution in [0, 0.1) is 6.92 Å². The topological polar surface area (TPSA) is 54.9 Å². The summed E-state index contributed by atoms with van der Waals surface area (Å²) in [6.07, 6.45) is 0. The number of carbonyl (C=O) groups is 1. The maximum atomic E-state index is 11.9. The van der Waals surface area contributed by atoms with Crippen molar-refractivity contribution < 1.29 is 4.79 Å². The Morgan fingerprint density at radius 2 is 1.90 bits per heavy atom. The highest BCUT2D eigenvalue weighted by molar-refractivity contribution is 9.10. The Bertz CT molecular complexity index is 581. The highest BCUT2D eigenvalue weighted by Gasteiger charge is 2.10. The van der Waals surface area contributed by atoms with E-state index in [2.05, 4.69) is 38.4 Å². The zero-order chi connectivity index (χ0) is 14.5. The second-order valence-corrected chi connectivity index (χ2v) is 5.64. The van der Waals surface area contributed by atoms with Crippen molar-refractivity contribution in [3.05, 3.63) is 57.8 Å². The molecule has 1 N–H and O–H groups in total. The molecule has 0 aliphatic rings. The molecule has 5 heteroatoms. The Hall–Kier alpha value is -1.75. The number of benzene rings is 1. The van der Waals surface area contributed by atoms with Gasteiger partial charge in [-0.15, -0.1) is 5.10 Å².